The van der Waals surface area contributed by atoms with Crippen molar-refractivity contribution >= 4 is 0 Å². The van der Waals surface area contributed by atoms with Crippen LogP contribution in [0.2, 0.25) is 0 Å². The Bertz CT molecular complexity index is 102. The first kappa shape index (κ1) is 8.97. The molecule has 0 spiro atoms. The molecule has 0 bridgehead atoms. The van der Waals surface area contributed by atoms with E-state index in [0.717, 1.165) is 13.1 Å². The largest absolute Gasteiger partial charge is 0.395 e. The highest BCUT2D eigenvalue weighted by Gasteiger charge is 2.15. The lowest BCUT2D eigenvalue weighted by Gasteiger charge is -2.31. The second-order valence-electron chi connectivity index (χ2n) is 3.17. The van der Waals surface area contributed by atoms with Crippen LogP contribution in [0.25, 0.3) is 0 Å². The third-order valence-corrected chi connectivity index (χ3v) is 2.27. The van der Waals surface area contributed by atoms with Crippen molar-refractivity contribution in [2.24, 2.45) is 0 Å². The number of aliphatic hydroxyl groups is 1. The predicted molar refractivity (Wildman–Crippen MR) is 45.4 cm³/mol. The highest BCUT2D eigenvalue weighted by atomic mass is 16.3. The van der Waals surface area contributed by atoms with Gasteiger partial charge in [0.2, 0.25) is 0 Å². The number of likely N-dealkylation sites (N-methyl/N-ethyl adjacent to an activating group) is 1. The molecule has 0 aliphatic carbocycles. The molecule has 1 aliphatic heterocycles. The molecular formula is C8H18N2O. The number of nitrogens with one attached hydrogen (secondary N) is 1. The molecule has 1 aliphatic rings. The van der Waals surface area contributed by atoms with Crippen molar-refractivity contribution < 1.29 is 5.11 Å². The summed E-state index contributed by atoms with van der Waals surface area (Å²) in [5.41, 5.74) is 0. The normalized spacial score (nSPS) is 25.9. The number of hydrogen-bond donors (Lipinski definition) is 2. The van der Waals surface area contributed by atoms with Gasteiger partial charge in [-0.3, -0.25) is 4.90 Å². The van der Waals surface area contributed by atoms with Gasteiger partial charge in [0.05, 0.1) is 12.8 Å². The minimum absolute atomic E-state index is 0.259. The maximum absolute atomic E-state index is 8.70. The van der Waals surface area contributed by atoms with Crippen LogP contribution in [-0.4, -0.2) is 42.9 Å². The molecule has 1 heterocycles. The SMILES string of the molecule is CN(CCO)C1CCCCN1. The molecule has 1 fully saturated rings. The topological polar surface area (TPSA) is 35.5 Å². The summed E-state index contributed by atoms with van der Waals surface area (Å²) in [4.78, 5) is 2.18. The van der Waals surface area contributed by atoms with E-state index in [9.17, 15) is 0 Å². The fourth-order valence-electron chi connectivity index (χ4n) is 1.52. The second-order valence-corrected chi connectivity index (χ2v) is 3.17. The van der Waals surface area contributed by atoms with Crippen molar-refractivity contribution in [3.63, 3.8) is 0 Å². The van der Waals surface area contributed by atoms with Gasteiger partial charge < -0.3 is 10.4 Å². The summed E-state index contributed by atoms with van der Waals surface area (Å²) in [6, 6.07) is 0. The van der Waals surface area contributed by atoms with Crippen LogP contribution in [0.5, 0.6) is 0 Å². The zero-order valence-electron chi connectivity index (χ0n) is 7.21. The van der Waals surface area contributed by atoms with Crippen molar-refractivity contribution in [3.8, 4) is 0 Å². The Morgan fingerprint density at radius 3 is 2.91 bits per heavy atom. The fraction of sp³-hybridized carbons (Fsp3) is 1.00. The molecule has 66 valence electrons. The fourth-order valence-corrected chi connectivity index (χ4v) is 1.52. The van der Waals surface area contributed by atoms with E-state index in [0.29, 0.717) is 6.17 Å². The van der Waals surface area contributed by atoms with Crippen LogP contribution in [-0.2, 0) is 0 Å². The van der Waals surface area contributed by atoms with Gasteiger partial charge in [0.15, 0.2) is 0 Å². The van der Waals surface area contributed by atoms with Crippen molar-refractivity contribution in [1.29, 1.82) is 0 Å². The molecule has 0 aromatic rings. The lowest BCUT2D eigenvalue weighted by atomic mass is 10.1. The molecule has 1 atom stereocenters. The minimum Gasteiger partial charge on any atom is -0.395 e. The molecular weight excluding hydrogens is 140 g/mol. The van der Waals surface area contributed by atoms with Crippen molar-refractivity contribution in [2.75, 3.05) is 26.7 Å². The van der Waals surface area contributed by atoms with E-state index in [4.69, 9.17) is 5.11 Å². The van der Waals surface area contributed by atoms with Crippen LogP contribution >= 0.6 is 0 Å². The summed E-state index contributed by atoms with van der Waals surface area (Å²) >= 11 is 0. The molecule has 3 nitrogen and oxygen atoms in total. The van der Waals surface area contributed by atoms with Gasteiger partial charge in [-0.1, -0.05) is 0 Å². The number of piperidine rings is 1. The molecule has 2 N–H and O–H groups in total. The Kier molecular flexibility index (Phi) is 3.83. The monoisotopic (exact) mass is 158 g/mol. The Balaban J connectivity index is 2.21. The van der Waals surface area contributed by atoms with Gasteiger partial charge in [-0.25, -0.2) is 0 Å². The predicted octanol–water partition coefficient (Wildman–Crippen LogP) is 0.0101. The zero-order chi connectivity index (χ0) is 8.10. The highest BCUT2D eigenvalue weighted by molar-refractivity contribution is 4.70. The molecule has 0 aromatic heterocycles. The summed E-state index contributed by atoms with van der Waals surface area (Å²) in [6.45, 7) is 2.16. The Hall–Kier alpha value is -0.120. The van der Waals surface area contributed by atoms with E-state index >= 15 is 0 Å². The third-order valence-electron chi connectivity index (χ3n) is 2.27. The van der Waals surface area contributed by atoms with E-state index in [1.807, 2.05) is 0 Å². The molecule has 0 amide bonds. The molecule has 1 rings (SSSR count). The first-order valence-corrected chi connectivity index (χ1v) is 4.39. The van der Waals surface area contributed by atoms with Crippen molar-refractivity contribution in [2.45, 2.75) is 25.4 Å². The molecule has 1 unspecified atom stereocenters. The number of nitrogens with zero attached hydrogens (tertiary/aromatic N) is 1. The van der Waals surface area contributed by atoms with E-state index in [1.165, 1.54) is 19.3 Å². The van der Waals surface area contributed by atoms with Crippen molar-refractivity contribution in [3.05, 3.63) is 0 Å². The van der Waals surface area contributed by atoms with E-state index < -0.39 is 0 Å². The van der Waals surface area contributed by atoms with Gasteiger partial charge >= 0.3 is 0 Å². The summed E-state index contributed by atoms with van der Waals surface area (Å²) in [7, 11) is 2.05. The van der Waals surface area contributed by atoms with E-state index in [1.54, 1.807) is 0 Å². The van der Waals surface area contributed by atoms with Gasteiger partial charge in [-0.05, 0) is 32.9 Å². The number of hydrogen-bond acceptors (Lipinski definition) is 3. The smallest absolute Gasteiger partial charge is 0.0595 e. The molecule has 0 aromatic carbocycles. The van der Waals surface area contributed by atoms with Crippen molar-refractivity contribution in [1.82, 2.24) is 10.2 Å². The van der Waals surface area contributed by atoms with Crippen LogP contribution in [0.15, 0.2) is 0 Å². The Labute approximate surface area is 68.4 Å². The summed E-state index contributed by atoms with van der Waals surface area (Å²) < 4.78 is 0. The minimum atomic E-state index is 0.259. The average molecular weight is 158 g/mol. The van der Waals surface area contributed by atoms with Crippen LogP contribution < -0.4 is 5.32 Å². The van der Waals surface area contributed by atoms with Crippen LogP contribution in [0.4, 0.5) is 0 Å². The van der Waals surface area contributed by atoms with Gasteiger partial charge in [0.25, 0.3) is 0 Å². The van der Waals surface area contributed by atoms with Crippen LogP contribution in [0, 0.1) is 0 Å². The number of aliphatic hydroxyl groups excluding tert-OH is 1. The quantitative estimate of drug-likeness (QED) is 0.607. The van der Waals surface area contributed by atoms with Gasteiger partial charge in [-0.2, -0.15) is 0 Å². The highest BCUT2D eigenvalue weighted by Crippen LogP contribution is 2.08. The summed E-state index contributed by atoms with van der Waals surface area (Å²) in [5.74, 6) is 0. The molecule has 0 saturated carbocycles. The summed E-state index contributed by atoms with van der Waals surface area (Å²) in [6.07, 6.45) is 4.32. The lowest BCUT2D eigenvalue weighted by molar-refractivity contribution is 0.137. The maximum atomic E-state index is 8.70. The first-order chi connectivity index (χ1) is 5.34. The van der Waals surface area contributed by atoms with E-state index in [-0.39, 0.29) is 6.61 Å². The zero-order valence-corrected chi connectivity index (χ0v) is 7.21. The van der Waals surface area contributed by atoms with Crippen LogP contribution in [0.1, 0.15) is 19.3 Å². The standard InChI is InChI=1S/C8H18N2O/c1-10(6-7-11)8-4-2-3-5-9-8/h8-9,11H,2-7H2,1H3. The molecule has 1 saturated heterocycles. The summed E-state index contributed by atoms with van der Waals surface area (Å²) in [5, 5.41) is 12.1. The van der Waals surface area contributed by atoms with Gasteiger partial charge in [-0.15, -0.1) is 0 Å². The Morgan fingerprint density at radius 2 is 2.36 bits per heavy atom. The molecule has 0 radical (unpaired) electrons. The van der Waals surface area contributed by atoms with Gasteiger partial charge in [0, 0.05) is 6.54 Å². The third kappa shape index (κ3) is 2.77. The lowest BCUT2D eigenvalue weighted by Crippen LogP contribution is -2.47. The first-order valence-electron chi connectivity index (χ1n) is 4.39. The molecule has 11 heavy (non-hydrogen) atoms. The average Bonchev–Trinajstić information content (AvgIpc) is 2.07. The Morgan fingerprint density at radius 1 is 1.55 bits per heavy atom. The second kappa shape index (κ2) is 4.70. The van der Waals surface area contributed by atoms with Gasteiger partial charge in [0.1, 0.15) is 0 Å². The molecule has 3 heteroatoms. The number of rotatable bonds is 3. The maximum Gasteiger partial charge on any atom is 0.0595 e. The van der Waals surface area contributed by atoms with E-state index in [2.05, 4.69) is 17.3 Å². The van der Waals surface area contributed by atoms with Crippen LogP contribution in [0.3, 0.4) is 0 Å².